The average Bonchev–Trinajstić information content (AvgIpc) is 2.73. The summed E-state index contributed by atoms with van der Waals surface area (Å²) in [5.41, 5.74) is 0. The number of nitrogens with one attached hydrogen (secondary N) is 2. The molecular formula is C11H22N2O2. The molecule has 3 unspecified atom stereocenters. The summed E-state index contributed by atoms with van der Waals surface area (Å²) in [5, 5.41) is 6.09. The lowest BCUT2D eigenvalue weighted by Crippen LogP contribution is -2.43. The van der Waals surface area contributed by atoms with Crippen LogP contribution in [0.1, 0.15) is 20.3 Å². The van der Waals surface area contributed by atoms with Crippen molar-refractivity contribution in [2.45, 2.75) is 26.3 Å². The van der Waals surface area contributed by atoms with Gasteiger partial charge in [-0.3, -0.25) is 4.79 Å². The molecule has 4 heteroatoms. The first-order valence-corrected chi connectivity index (χ1v) is 5.71. The van der Waals surface area contributed by atoms with E-state index in [-0.39, 0.29) is 17.9 Å². The zero-order valence-electron chi connectivity index (χ0n) is 9.88. The van der Waals surface area contributed by atoms with Crippen molar-refractivity contribution in [3.05, 3.63) is 0 Å². The van der Waals surface area contributed by atoms with E-state index in [9.17, 15) is 4.79 Å². The van der Waals surface area contributed by atoms with E-state index >= 15 is 0 Å². The van der Waals surface area contributed by atoms with Crippen LogP contribution in [0.25, 0.3) is 0 Å². The van der Waals surface area contributed by atoms with Crippen molar-refractivity contribution in [2.75, 3.05) is 26.8 Å². The summed E-state index contributed by atoms with van der Waals surface area (Å²) in [6.07, 6.45) is 1.09. The molecule has 2 N–H and O–H groups in total. The molecule has 1 heterocycles. The van der Waals surface area contributed by atoms with Crippen molar-refractivity contribution >= 4 is 5.91 Å². The molecule has 0 aromatic heterocycles. The Balaban J connectivity index is 2.33. The van der Waals surface area contributed by atoms with E-state index in [1.54, 1.807) is 0 Å². The molecule has 4 nitrogen and oxygen atoms in total. The predicted octanol–water partition coefficient (Wildman–Crippen LogP) is 0.383. The minimum Gasteiger partial charge on any atom is -0.379 e. The van der Waals surface area contributed by atoms with Crippen molar-refractivity contribution in [1.82, 2.24) is 10.6 Å². The van der Waals surface area contributed by atoms with Gasteiger partial charge < -0.3 is 15.4 Å². The maximum Gasteiger partial charge on any atom is 0.227 e. The van der Waals surface area contributed by atoms with Crippen LogP contribution in [0.4, 0.5) is 0 Å². The molecule has 0 aromatic carbocycles. The van der Waals surface area contributed by atoms with Crippen LogP contribution in [-0.2, 0) is 9.53 Å². The standard InChI is InChI=1S/C11H22N2O2/c1-4-8(2)5-13-11(14)9-6-15-7-10(9)12-3/h8-10,12H,4-7H2,1-3H3,(H,13,14). The highest BCUT2D eigenvalue weighted by Crippen LogP contribution is 2.13. The van der Waals surface area contributed by atoms with Crippen molar-refractivity contribution < 1.29 is 9.53 Å². The second-order valence-corrected chi connectivity index (χ2v) is 4.30. The third-order valence-electron chi connectivity index (χ3n) is 3.11. The number of carbonyl (C=O) groups is 1. The van der Waals surface area contributed by atoms with Gasteiger partial charge in [0.2, 0.25) is 5.91 Å². The van der Waals surface area contributed by atoms with E-state index in [4.69, 9.17) is 4.74 Å². The van der Waals surface area contributed by atoms with Gasteiger partial charge in [-0.15, -0.1) is 0 Å². The van der Waals surface area contributed by atoms with Gasteiger partial charge in [0.25, 0.3) is 0 Å². The molecule has 0 aromatic rings. The molecule has 1 aliphatic rings. The number of carbonyl (C=O) groups excluding carboxylic acids is 1. The van der Waals surface area contributed by atoms with Crippen LogP contribution in [-0.4, -0.2) is 38.8 Å². The van der Waals surface area contributed by atoms with Crippen molar-refractivity contribution in [2.24, 2.45) is 11.8 Å². The Morgan fingerprint density at radius 1 is 1.53 bits per heavy atom. The van der Waals surface area contributed by atoms with Crippen LogP contribution >= 0.6 is 0 Å². The summed E-state index contributed by atoms with van der Waals surface area (Å²) in [6.45, 7) is 6.21. The van der Waals surface area contributed by atoms with Crippen molar-refractivity contribution in [1.29, 1.82) is 0 Å². The smallest absolute Gasteiger partial charge is 0.227 e. The van der Waals surface area contributed by atoms with Gasteiger partial charge >= 0.3 is 0 Å². The zero-order chi connectivity index (χ0) is 11.3. The first-order chi connectivity index (χ1) is 7.19. The van der Waals surface area contributed by atoms with Gasteiger partial charge in [-0.05, 0) is 13.0 Å². The Labute approximate surface area is 91.8 Å². The van der Waals surface area contributed by atoms with Crippen LogP contribution in [0.5, 0.6) is 0 Å². The first kappa shape index (κ1) is 12.5. The zero-order valence-corrected chi connectivity index (χ0v) is 9.88. The van der Waals surface area contributed by atoms with Crippen LogP contribution in [0, 0.1) is 11.8 Å². The molecule has 1 rings (SSSR count). The fourth-order valence-electron chi connectivity index (χ4n) is 1.65. The Bertz CT molecular complexity index is 209. The topological polar surface area (TPSA) is 50.4 Å². The molecule has 88 valence electrons. The molecule has 0 radical (unpaired) electrons. The minimum absolute atomic E-state index is 0.0287. The summed E-state index contributed by atoms with van der Waals surface area (Å²) < 4.78 is 5.29. The SMILES string of the molecule is CCC(C)CNC(=O)C1COCC1NC. The number of rotatable bonds is 5. The predicted molar refractivity (Wildman–Crippen MR) is 59.6 cm³/mol. The van der Waals surface area contributed by atoms with Gasteiger partial charge in [0, 0.05) is 12.6 Å². The average molecular weight is 214 g/mol. The number of hydrogen-bond donors (Lipinski definition) is 2. The first-order valence-electron chi connectivity index (χ1n) is 5.71. The molecule has 1 aliphatic heterocycles. The van der Waals surface area contributed by atoms with Gasteiger partial charge in [0.05, 0.1) is 19.1 Å². The lowest BCUT2D eigenvalue weighted by Gasteiger charge is -2.17. The van der Waals surface area contributed by atoms with Crippen LogP contribution in [0.15, 0.2) is 0 Å². The van der Waals surface area contributed by atoms with E-state index in [2.05, 4.69) is 24.5 Å². The molecule has 1 saturated heterocycles. The number of hydrogen-bond acceptors (Lipinski definition) is 3. The van der Waals surface area contributed by atoms with E-state index in [0.717, 1.165) is 13.0 Å². The van der Waals surface area contributed by atoms with Crippen LogP contribution in [0.2, 0.25) is 0 Å². The second-order valence-electron chi connectivity index (χ2n) is 4.30. The van der Waals surface area contributed by atoms with Gasteiger partial charge in [0.15, 0.2) is 0 Å². The Morgan fingerprint density at radius 2 is 2.27 bits per heavy atom. The minimum atomic E-state index is -0.0287. The summed E-state index contributed by atoms with van der Waals surface area (Å²) in [4.78, 5) is 11.8. The third kappa shape index (κ3) is 3.47. The van der Waals surface area contributed by atoms with Gasteiger partial charge in [-0.1, -0.05) is 20.3 Å². The highest BCUT2D eigenvalue weighted by Gasteiger charge is 2.32. The molecule has 1 fully saturated rings. The molecule has 15 heavy (non-hydrogen) atoms. The highest BCUT2D eigenvalue weighted by atomic mass is 16.5. The van der Waals surface area contributed by atoms with Crippen LogP contribution in [0.3, 0.4) is 0 Å². The molecule has 0 saturated carbocycles. The van der Waals surface area contributed by atoms with Gasteiger partial charge in [0.1, 0.15) is 0 Å². The Morgan fingerprint density at radius 3 is 2.87 bits per heavy atom. The fourth-order valence-corrected chi connectivity index (χ4v) is 1.65. The van der Waals surface area contributed by atoms with E-state index in [1.807, 2.05) is 7.05 Å². The fraction of sp³-hybridized carbons (Fsp3) is 0.909. The quantitative estimate of drug-likeness (QED) is 0.696. The third-order valence-corrected chi connectivity index (χ3v) is 3.11. The monoisotopic (exact) mass is 214 g/mol. The summed E-state index contributed by atoms with van der Waals surface area (Å²) >= 11 is 0. The van der Waals surface area contributed by atoms with E-state index < -0.39 is 0 Å². The van der Waals surface area contributed by atoms with E-state index in [0.29, 0.717) is 19.1 Å². The van der Waals surface area contributed by atoms with Crippen LogP contribution < -0.4 is 10.6 Å². The largest absolute Gasteiger partial charge is 0.379 e. The maximum atomic E-state index is 11.8. The lowest BCUT2D eigenvalue weighted by molar-refractivity contribution is -0.125. The number of amides is 1. The molecule has 0 bridgehead atoms. The molecular weight excluding hydrogens is 192 g/mol. The molecule has 3 atom stereocenters. The summed E-state index contributed by atoms with van der Waals surface area (Å²) in [7, 11) is 1.87. The van der Waals surface area contributed by atoms with Gasteiger partial charge in [-0.2, -0.15) is 0 Å². The number of ether oxygens (including phenoxy) is 1. The maximum absolute atomic E-state index is 11.8. The molecule has 0 aliphatic carbocycles. The summed E-state index contributed by atoms with van der Waals surface area (Å²) in [5.74, 6) is 0.635. The highest BCUT2D eigenvalue weighted by molar-refractivity contribution is 5.79. The Kier molecular flexibility index (Phi) is 5.05. The number of likely N-dealkylation sites (N-methyl/N-ethyl adjacent to an activating group) is 1. The van der Waals surface area contributed by atoms with E-state index in [1.165, 1.54) is 0 Å². The Hall–Kier alpha value is -0.610. The van der Waals surface area contributed by atoms with Gasteiger partial charge in [-0.25, -0.2) is 0 Å². The lowest BCUT2D eigenvalue weighted by atomic mass is 10.0. The molecule has 1 amide bonds. The second kappa shape index (κ2) is 6.08. The summed E-state index contributed by atoms with van der Waals surface area (Å²) in [6, 6.07) is 0.168. The van der Waals surface area contributed by atoms with Crippen molar-refractivity contribution in [3.8, 4) is 0 Å². The van der Waals surface area contributed by atoms with Crippen molar-refractivity contribution in [3.63, 3.8) is 0 Å². The normalized spacial score (nSPS) is 27.7. The molecule has 0 spiro atoms.